The summed E-state index contributed by atoms with van der Waals surface area (Å²) in [7, 11) is 0. The van der Waals surface area contributed by atoms with Crippen LogP contribution in [0.25, 0.3) is 0 Å². The lowest BCUT2D eigenvalue weighted by Crippen LogP contribution is -2.26. The highest BCUT2D eigenvalue weighted by atomic mass is 127. The molecule has 0 atom stereocenters. The zero-order valence-electron chi connectivity index (χ0n) is 12.9. The quantitative estimate of drug-likeness (QED) is 0.407. The summed E-state index contributed by atoms with van der Waals surface area (Å²) in [6.45, 7) is 0.427. The Morgan fingerprint density at radius 1 is 1.24 bits per heavy atom. The van der Waals surface area contributed by atoms with E-state index in [4.69, 9.17) is 4.84 Å². The minimum absolute atomic E-state index is 0.0145. The number of amides is 1. The first-order valence-electron chi connectivity index (χ1n) is 7.57. The molecule has 0 aromatic heterocycles. The number of benzene rings is 2. The van der Waals surface area contributed by atoms with Gasteiger partial charge in [0.15, 0.2) is 0 Å². The largest absolute Gasteiger partial charge is 0.350 e. The van der Waals surface area contributed by atoms with Gasteiger partial charge in [0.05, 0.1) is 23.5 Å². The van der Waals surface area contributed by atoms with E-state index in [0.29, 0.717) is 20.6 Å². The fraction of sp³-hybridized carbons (Fsp3) is 0.235. The summed E-state index contributed by atoms with van der Waals surface area (Å²) in [6.07, 6.45) is 2.17. The number of anilines is 2. The molecule has 132 valence electrons. The third-order valence-corrected chi connectivity index (χ3v) is 4.80. The summed E-state index contributed by atoms with van der Waals surface area (Å²) in [4.78, 5) is 17.5. The summed E-state index contributed by atoms with van der Waals surface area (Å²) in [6, 6.07) is 7.14. The Morgan fingerprint density at radius 2 is 2.00 bits per heavy atom. The Bertz CT molecular complexity index is 815. The average molecular weight is 523 g/mol. The normalized spacial score (nSPS) is 13.6. The minimum atomic E-state index is -0.681. The second-order valence-electron chi connectivity index (χ2n) is 5.74. The summed E-state index contributed by atoms with van der Waals surface area (Å²) >= 11 is 5.14. The van der Waals surface area contributed by atoms with Crippen LogP contribution >= 0.6 is 38.5 Å². The third-order valence-electron chi connectivity index (χ3n) is 3.67. The Morgan fingerprint density at radius 3 is 2.68 bits per heavy atom. The Hall–Kier alpha value is -1.26. The lowest BCUT2D eigenvalue weighted by molar-refractivity contribution is 0.0270. The van der Waals surface area contributed by atoms with Crippen molar-refractivity contribution in [3.63, 3.8) is 0 Å². The van der Waals surface area contributed by atoms with E-state index in [2.05, 4.69) is 26.7 Å². The van der Waals surface area contributed by atoms with E-state index in [9.17, 15) is 13.6 Å². The molecule has 0 heterocycles. The predicted octanol–water partition coefficient (Wildman–Crippen LogP) is 5.15. The number of carbonyl (C=O) groups is 1. The van der Waals surface area contributed by atoms with Crippen LogP contribution in [0, 0.1) is 21.1 Å². The van der Waals surface area contributed by atoms with E-state index >= 15 is 0 Å². The highest BCUT2D eigenvalue weighted by Crippen LogP contribution is 2.30. The number of hydrogen-bond acceptors (Lipinski definition) is 3. The molecular weight excluding hydrogens is 509 g/mol. The Balaban J connectivity index is 1.84. The van der Waals surface area contributed by atoms with E-state index in [-0.39, 0.29) is 16.9 Å². The third kappa shape index (κ3) is 4.89. The Kier molecular flexibility index (Phi) is 5.90. The van der Waals surface area contributed by atoms with Gasteiger partial charge >= 0.3 is 0 Å². The molecule has 2 N–H and O–H groups in total. The molecule has 1 fully saturated rings. The van der Waals surface area contributed by atoms with Crippen molar-refractivity contribution < 1.29 is 18.4 Å². The van der Waals surface area contributed by atoms with Crippen molar-refractivity contribution in [3.8, 4) is 0 Å². The molecule has 1 aliphatic carbocycles. The molecule has 4 nitrogen and oxygen atoms in total. The number of rotatable bonds is 6. The minimum Gasteiger partial charge on any atom is -0.350 e. The molecule has 0 radical (unpaired) electrons. The molecule has 1 saturated carbocycles. The molecule has 2 aromatic carbocycles. The van der Waals surface area contributed by atoms with E-state index < -0.39 is 17.5 Å². The SMILES string of the molecule is O=C(NOCC1CC1)c1cc(Br)cc(F)c1Nc1ccc(I)cc1F. The van der Waals surface area contributed by atoms with E-state index in [1.54, 1.807) is 6.07 Å². The molecule has 0 spiro atoms. The van der Waals surface area contributed by atoms with Gasteiger partial charge in [-0.1, -0.05) is 15.9 Å². The molecule has 8 heteroatoms. The van der Waals surface area contributed by atoms with Gasteiger partial charge in [-0.15, -0.1) is 0 Å². The van der Waals surface area contributed by atoms with Gasteiger partial charge in [-0.25, -0.2) is 14.3 Å². The highest BCUT2D eigenvalue weighted by Gasteiger charge is 2.23. The van der Waals surface area contributed by atoms with Crippen LogP contribution in [-0.4, -0.2) is 12.5 Å². The van der Waals surface area contributed by atoms with Crippen molar-refractivity contribution in [1.82, 2.24) is 5.48 Å². The van der Waals surface area contributed by atoms with Crippen molar-refractivity contribution in [2.45, 2.75) is 12.8 Å². The van der Waals surface area contributed by atoms with E-state index in [1.165, 1.54) is 24.3 Å². The molecule has 3 rings (SSSR count). The maximum Gasteiger partial charge on any atom is 0.277 e. The summed E-state index contributed by atoms with van der Waals surface area (Å²) in [5, 5.41) is 2.67. The highest BCUT2D eigenvalue weighted by molar-refractivity contribution is 14.1. The lowest BCUT2D eigenvalue weighted by Gasteiger charge is -2.14. The average Bonchev–Trinajstić information content (AvgIpc) is 3.36. The number of hydroxylamine groups is 1. The van der Waals surface area contributed by atoms with Crippen LogP contribution in [-0.2, 0) is 4.84 Å². The first kappa shape index (κ1) is 18.5. The van der Waals surface area contributed by atoms with Crippen LogP contribution in [0.3, 0.4) is 0 Å². The predicted molar refractivity (Wildman–Crippen MR) is 103 cm³/mol. The van der Waals surface area contributed by atoms with Crippen molar-refractivity contribution >= 4 is 55.8 Å². The number of halogens is 4. The molecule has 2 aromatic rings. The van der Waals surface area contributed by atoms with Crippen LogP contribution in [0.1, 0.15) is 23.2 Å². The fourth-order valence-electron chi connectivity index (χ4n) is 2.17. The zero-order valence-corrected chi connectivity index (χ0v) is 16.7. The molecule has 1 aliphatic rings. The molecule has 25 heavy (non-hydrogen) atoms. The van der Waals surface area contributed by atoms with Crippen LogP contribution in [0.15, 0.2) is 34.8 Å². The van der Waals surface area contributed by atoms with Gasteiger partial charge < -0.3 is 5.32 Å². The first-order chi connectivity index (χ1) is 11.9. The molecule has 0 unspecified atom stereocenters. The maximum absolute atomic E-state index is 14.4. The van der Waals surface area contributed by atoms with Crippen LogP contribution in [0.5, 0.6) is 0 Å². The van der Waals surface area contributed by atoms with E-state index in [1.807, 2.05) is 22.6 Å². The number of hydrogen-bond donors (Lipinski definition) is 2. The number of nitrogens with one attached hydrogen (secondary N) is 2. The zero-order chi connectivity index (χ0) is 18.0. The van der Waals surface area contributed by atoms with Gasteiger partial charge in [-0.2, -0.15) is 0 Å². The van der Waals surface area contributed by atoms with Gasteiger partial charge in [0.1, 0.15) is 11.6 Å². The maximum atomic E-state index is 14.4. The first-order valence-corrected chi connectivity index (χ1v) is 9.44. The summed E-state index contributed by atoms with van der Waals surface area (Å²) < 4.78 is 29.6. The van der Waals surface area contributed by atoms with Crippen molar-refractivity contribution in [2.75, 3.05) is 11.9 Å². The number of carbonyl (C=O) groups excluding carboxylic acids is 1. The van der Waals surface area contributed by atoms with Gasteiger partial charge in [0.25, 0.3) is 5.91 Å². The molecule has 0 bridgehead atoms. The summed E-state index contributed by atoms with van der Waals surface area (Å²) in [5.41, 5.74) is 2.29. The van der Waals surface area contributed by atoms with Crippen LogP contribution < -0.4 is 10.8 Å². The second kappa shape index (κ2) is 7.96. The second-order valence-corrected chi connectivity index (χ2v) is 7.91. The van der Waals surface area contributed by atoms with Gasteiger partial charge in [0, 0.05) is 8.04 Å². The fourth-order valence-corrected chi connectivity index (χ4v) is 3.05. The van der Waals surface area contributed by atoms with Gasteiger partial charge in [-0.3, -0.25) is 9.63 Å². The smallest absolute Gasteiger partial charge is 0.277 e. The van der Waals surface area contributed by atoms with Crippen LogP contribution in [0.4, 0.5) is 20.2 Å². The monoisotopic (exact) mass is 522 g/mol. The van der Waals surface area contributed by atoms with E-state index in [0.717, 1.165) is 12.8 Å². The van der Waals surface area contributed by atoms with Gasteiger partial charge in [-0.05, 0) is 71.7 Å². The standard InChI is InChI=1S/C17H14BrF2IN2O2/c18-10-5-12(17(24)23-25-8-9-1-2-9)16(14(20)6-10)22-15-4-3-11(21)7-13(15)19/h3-7,9,22H,1-2,8H2,(H,23,24). The van der Waals surface area contributed by atoms with Crippen molar-refractivity contribution in [1.29, 1.82) is 0 Å². The molecular formula is C17H14BrF2IN2O2. The molecule has 0 aliphatic heterocycles. The summed E-state index contributed by atoms with van der Waals surface area (Å²) in [5.74, 6) is -1.35. The van der Waals surface area contributed by atoms with Crippen LogP contribution in [0.2, 0.25) is 0 Å². The van der Waals surface area contributed by atoms with Gasteiger partial charge in [0.2, 0.25) is 0 Å². The van der Waals surface area contributed by atoms with Crippen molar-refractivity contribution in [3.05, 3.63) is 55.6 Å². The lowest BCUT2D eigenvalue weighted by atomic mass is 10.1. The van der Waals surface area contributed by atoms with Crippen molar-refractivity contribution in [2.24, 2.45) is 5.92 Å². The Labute approximate surface area is 165 Å². The molecule has 1 amide bonds. The topological polar surface area (TPSA) is 50.4 Å². The molecule has 0 saturated heterocycles.